The Morgan fingerprint density at radius 1 is 0.321 bits per heavy atom. The lowest BCUT2D eigenvalue weighted by Gasteiger charge is -2.31. The van der Waals surface area contributed by atoms with Gasteiger partial charge in [-0.1, -0.05) is 196 Å². The highest BCUT2D eigenvalue weighted by molar-refractivity contribution is 5.99. The van der Waals surface area contributed by atoms with Gasteiger partial charge in [0.25, 0.3) is 0 Å². The zero-order chi connectivity index (χ0) is 37.6. The Bertz CT molecular complexity index is 2880. The molecule has 1 aliphatic rings. The minimum Gasteiger partial charge on any atom is -0.309 e. The molecule has 1 aliphatic carbocycles. The summed E-state index contributed by atoms with van der Waals surface area (Å²) in [6, 6.07) is 77.6. The van der Waals surface area contributed by atoms with Crippen molar-refractivity contribution in [3.05, 3.63) is 223 Å². The van der Waals surface area contributed by atoms with E-state index in [9.17, 15) is 0 Å². The van der Waals surface area contributed by atoms with Crippen molar-refractivity contribution in [2.24, 2.45) is 0 Å². The zero-order valence-corrected chi connectivity index (χ0v) is 31.7. The molecule has 0 saturated heterocycles. The highest BCUT2D eigenvalue weighted by atomic mass is 15.1. The fourth-order valence-electron chi connectivity index (χ4n) is 8.87. The summed E-state index contributed by atoms with van der Waals surface area (Å²) in [6.07, 6.45) is 0. The van der Waals surface area contributed by atoms with E-state index in [0.29, 0.717) is 0 Å². The Hall–Kier alpha value is -6.96. The van der Waals surface area contributed by atoms with E-state index in [1.165, 1.54) is 83.2 Å². The highest BCUT2D eigenvalue weighted by Crippen LogP contribution is 2.55. The van der Waals surface area contributed by atoms with E-state index in [1.54, 1.807) is 0 Å². The van der Waals surface area contributed by atoms with Crippen molar-refractivity contribution in [3.8, 4) is 55.6 Å². The Morgan fingerprint density at radius 3 is 1.66 bits per heavy atom. The molecule has 0 heterocycles. The molecule has 0 amide bonds. The molecular formula is C55H41N. The number of hydrogen-bond donors (Lipinski definition) is 0. The van der Waals surface area contributed by atoms with Crippen LogP contribution in [0.15, 0.2) is 212 Å². The molecule has 56 heavy (non-hydrogen) atoms. The standard InChI is InChI=1S/C55H41N/c1-55(2)50-26-12-10-25-49(50)54-51(55)27-15-29-53(54)56(45-21-14-20-44(37-45)47-23-9-8-22-46(47)40-17-4-3-5-18-40)52-28-13-11-24-48(52)41-33-30-39(31-34-41)43-35-32-38-16-6-7-19-42(38)36-43/h3-37H,1-2H3. The minimum atomic E-state index is -0.123. The smallest absolute Gasteiger partial charge is 0.0543 e. The number of fused-ring (bicyclic) bond motifs is 4. The van der Waals surface area contributed by atoms with Gasteiger partial charge in [0.1, 0.15) is 0 Å². The van der Waals surface area contributed by atoms with Crippen LogP contribution in [0.5, 0.6) is 0 Å². The summed E-state index contributed by atoms with van der Waals surface area (Å²) in [4.78, 5) is 2.50. The van der Waals surface area contributed by atoms with Crippen LogP contribution in [0, 0.1) is 0 Å². The molecular weight excluding hydrogens is 675 g/mol. The van der Waals surface area contributed by atoms with Crippen LogP contribution in [0.3, 0.4) is 0 Å². The fraction of sp³-hybridized carbons (Fsp3) is 0.0545. The molecule has 0 atom stereocenters. The summed E-state index contributed by atoms with van der Waals surface area (Å²) in [5, 5.41) is 2.51. The SMILES string of the molecule is CC1(C)c2ccccc2-c2c(N(c3cccc(-c4ccccc4-c4ccccc4)c3)c3ccccc3-c3ccc(-c4ccc5ccccc5c4)cc3)cccc21. The van der Waals surface area contributed by atoms with Gasteiger partial charge in [0.2, 0.25) is 0 Å². The molecule has 0 unspecified atom stereocenters. The summed E-state index contributed by atoms with van der Waals surface area (Å²) in [7, 11) is 0. The van der Waals surface area contributed by atoms with Crippen molar-refractivity contribution in [1.29, 1.82) is 0 Å². The summed E-state index contributed by atoms with van der Waals surface area (Å²) in [5.41, 5.74) is 18.2. The second-order valence-electron chi connectivity index (χ2n) is 15.3. The van der Waals surface area contributed by atoms with Crippen LogP contribution in [0.4, 0.5) is 17.1 Å². The molecule has 266 valence electrons. The maximum atomic E-state index is 2.50. The average Bonchev–Trinajstić information content (AvgIpc) is 3.50. The number of rotatable bonds is 7. The van der Waals surface area contributed by atoms with Gasteiger partial charge in [0, 0.05) is 22.2 Å². The van der Waals surface area contributed by atoms with Crippen molar-refractivity contribution < 1.29 is 0 Å². The molecule has 0 saturated carbocycles. The van der Waals surface area contributed by atoms with Gasteiger partial charge in [-0.05, 0) is 96.7 Å². The average molecular weight is 716 g/mol. The van der Waals surface area contributed by atoms with Gasteiger partial charge >= 0.3 is 0 Å². The molecule has 10 rings (SSSR count). The van der Waals surface area contributed by atoms with Crippen molar-refractivity contribution in [2.75, 3.05) is 4.90 Å². The third kappa shape index (κ3) is 5.72. The maximum absolute atomic E-state index is 2.50. The van der Waals surface area contributed by atoms with E-state index in [4.69, 9.17) is 0 Å². The Balaban J connectivity index is 1.16. The van der Waals surface area contributed by atoms with E-state index in [1.807, 2.05) is 0 Å². The first kappa shape index (κ1) is 33.6. The topological polar surface area (TPSA) is 3.24 Å². The number of nitrogens with zero attached hydrogens (tertiary/aromatic N) is 1. The molecule has 0 spiro atoms. The normalized spacial score (nSPS) is 12.6. The van der Waals surface area contributed by atoms with Crippen LogP contribution < -0.4 is 4.90 Å². The van der Waals surface area contributed by atoms with Gasteiger partial charge in [0.15, 0.2) is 0 Å². The number of anilines is 3. The first-order valence-electron chi connectivity index (χ1n) is 19.5. The highest BCUT2D eigenvalue weighted by Gasteiger charge is 2.38. The predicted molar refractivity (Wildman–Crippen MR) is 238 cm³/mol. The van der Waals surface area contributed by atoms with E-state index in [2.05, 4.69) is 231 Å². The third-order valence-electron chi connectivity index (χ3n) is 11.7. The largest absolute Gasteiger partial charge is 0.309 e. The second-order valence-corrected chi connectivity index (χ2v) is 15.3. The van der Waals surface area contributed by atoms with Crippen molar-refractivity contribution >= 4 is 27.8 Å². The van der Waals surface area contributed by atoms with E-state index >= 15 is 0 Å². The maximum Gasteiger partial charge on any atom is 0.0543 e. The number of hydrogen-bond acceptors (Lipinski definition) is 1. The lowest BCUT2D eigenvalue weighted by molar-refractivity contribution is 0.660. The van der Waals surface area contributed by atoms with Gasteiger partial charge in [-0.3, -0.25) is 0 Å². The molecule has 0 fully saturated rings. The first-order valence-corrected chi connectivity index (χ1v) is 19.5. The quantitative estimate of drug-likeness (QED) is 0.159. The molecule has 9 aromatic carbocycles. The monoisotopic (exact) mass is 715 g/mol. The van der Waals surface area contributed by atoms with Crippen LogP contribution in [0.1, 0.15) is 25.0 Å². The molecule has 0 aromatic heterocycles. The first-order chi connectivity index (χ1) is 27.5. The van der Waals surface area contributed by atoms with Crippen LogP contribution in [0.25, 0.3) is 66.4 Å². The van der Waals surface area contributed by atoms with Gasteiger partial charge in [-0.25, -0.2) is 0 Å². The summed E-state index contributed by atoms with van der Waals surface area (Å²) in [5.74, 6) is 0. The van der Waals surface area contributed by atoms with Crippen LogP contribution in [0.2, 0.25) is 0 Å². The molecule has 9 aromatic rings. The molecule has 0 radical (unpaired) electrons. The molecule has 0 aliphatic heterocycles. The molecule has 1 heteroatoms. The van der Waals surface area contributed by atoms with Crippen LogP contribution in [-0.4, -0.2) is 0 Å². The van der Waals surface area contributed by atoms with E-state index in [0.717, 1.165) is 11.4 Å². The lowest BCUT2D eigenvalue weighted by Crippen LogP contribution is -2.16. The van der Waals surface area contributed by atoms with Crippen molar-refractivity contribution in [2.45, 2.75) is 19.3 Å². The van der Waals surface area contributed by atoms with E-state index in [-0.39, 0.29) is 5.41 Å². The number of para-hydroxylation sites is 1. The number of benzene rings is 9. The molecule has 1 nitrogen and oxygen atoms in total. The summed E-state index contributed by atoms with van der Waals surface area (Å²) >= 11 is 0. The van der Waals surface area contributed by atoms with Gasteiger partial charge in [0.05, 0.1) is 11.4 Å². The van der Waals surface area contributed by atoms with Gasteiger partial charge < -0.3 is 4.90 Å². The predicted octanol–water partition coefficient (Wildman–Crippen LogP) is 15.3. The summed E-state index contributed by atoms with van der Waals surface area (Å²) in [6.45, 7) is 4.72. The lowest BCUT2D eigenvalue weighted by atomic mass is 9.82. The second kappa shape index (κ2) is 13.7. The molecule has 0 bridgehead atoms. The Labute approximate surface area is 329 Å². The van der Waals surface area contributed by atoms with Crippen LogP contribution >= 0.6 is 0 Å². The molecule has 0 N–H and O–H groups in total. The minimum absolute atomic E-state index is 0.123. The Morgan fingerprint density at radius 2 is 0.857 bits per heavy atom. The fourth-order valence-corrected chi connectivity index (χ4v) is 8.87. The van der Waals surface area contributed by atoms with Crippen molar-refractivity contribution in [1.82, 2.24) is 0 Å². The zero-order valence-electron chi connectivity index (χ0n) is 31.7. The third-order valence-corrected chi connectivity index (χ3v) is 11.7. The van der Waals surface area contributed by atoms with Gasteiger partial charge in [-0.2, -0.15) is 0 Å². The van der Waals surface area contributed by atoms with Gasteiger partial charge in [-0.15, -0.1) is 0 Å². The van der Waals surface area contributed by atoms with Crippen molar-refractivity contribution in [3.63, 3.8) is 0 Å². The van der Waals surface area contributed by atoms with E-state index < -0.39 is 0 Å². The van der Waals surface area contributed by atoms with Crippen LogP contribution in [-0.2, 0) is 5.41 Å². The summed E-state index contributed by atoms with van der Waals surface area (Å²) < 4.78 is 0. The Kier molecular flexibility index (Phi) is 8.23.